The van der Waals surface area contributed by atoms with Gasteiger partial charge >= 0.3 is 11.9 Å². The van der Waals surface area contributed by atoms with Crippen molar-refractivity contribution in [3.8, 4) is 0 Å². The Morgan fingerprint density at radius 1 is 1.00 bits per heavy atom. The standard InChI is InChI=1S/C16H31NO4/c1-5-7-8-9-10-13(15(18)20-6-2)11-21-16(19)14(17)12(3)4/h12-14H,5-11,17H2,1-4H3/t13?,14-/m0/s1. The van der Waals surface area contributed by atoms with E-state index in [0.717, 1.165) is 25.7 Å². The number of rotatable bonds is 11. The molecule has 0 aliphatic carbocycles. The fourth-order valence-electron chi connectivity index (χ4n) is 1.90. The van der Waals surface area contributed by atoms with Gasteiger partial charge in [0.2, 0.25) is 0 Å². The van der Waals surface area contributed by atoms with E-state index in [1.54, 1.807) is 6.92 Å². The van der Waals surface area contributed by atoms with Gasteiger partial charge in [0.05, 0.1) is 12.5 Å². The van der Waals surface area contributed by atoms with Crippen LogP contribution in [0.25, 0.3) is 0 Å². The first-order valence-corrected chi connectivity index (χ1v) is 8.02. The lowest BCUT2D eigenvalue weighted by Crippen LogP contribution is -2.38. The summed E-state index contributed by atoms with van der Waals surface area (Å²) in [5.41, 5.74) is 5.73. The summed E-state index contributed by atoms with van der Waals surface area (Å²) in [6.45, 7) is 8.03. The number of hydrogen-bond acceptors (Lipinski definition) is 5. The third-order valence-corrected chi connectivity index (χ3v) is 3.44. The molecule has 0 aromatic carbocycles. The molecule has 124 valence electrons. The summed E-state index contributed by atoms with van der Waals surface area (Å²) in [6, 6.07) is -0.645. The van der Waals surface area contributed by atoms with Crippen molar-refractivity contribution in [2.24, 2.45) is 17.6 Å². The Bertz CT molecular complexity index is 305. The van der Waals surface area contributed by atoms with Crippen molar-refractivity contribution in [3.05, 3.63) is 0 Å². The van der Waals surface area contributed by atoms with Gasteiger partial charge in [0.1, 0.15) is 12.6 Å². The van der Waals surface area contributed by atoms with Crippen molar-refractivity contribution >= 4 is 11.9 Å². The van der Waals surface area contributed by atoms with E-state index in [2.05, 4.69) is 6.92 Å². The minimum atomic E-state index is -0.645. The highest BCUT2D eigenvalue weighted by atomic mass is 16.5. The third-order valence-electron chi connectivity index (χ3n) is 3.44. The SMILES string of the molecule is CCCCCCC(COC(=O)[C@@H](N)C(C)C)C(=O)OCC. The minimum absolute atomic E-state index is 0.0168. The number of carbonyl (C=O) groups is 2. The first-order valence-electron chi connectivity index (χ1n) is 8.02. The van der Waals surface area contributed by atoms with Crippen molar-refractivity contribution in [3.63, 3.8) is 0 Å². The Morgan fingerprint density at radius 3 is 2.19 bits per heavy atom. The summed E-state index contributed by atoms with van der Waals surface area (Å²) in [7, 11) is 0. The van der Waals surface area contributed by atoms with Gasteiger partial charge in [-0.25, -0.2) is 0 Å². The highest BCUT2D eigenvalue weighted by molar-refractivity contribution is 5.77. The van der Waals surface area contributed by atoms with Gasteiger partial charge < -0.3 is 15.2 Å². The Hall–Kier alpha value is -1.10. The van der Waals surface area contributed by atoms with Crippen LogP contribution in [0.5, 0.6) is 0 Å². The van der Waals surface area contributed by atoms with E-state index in [0.29, 0.717) is 13.0 Å². The zero-order valence-corrected chi connectivity index (χ0v) is 13.9. The van der Waals surface area contributed by atoms with Crippen LogP contribution in [-0.2, 0) is 19.1 Å². The summed E-state index contributed by atoms with van der Waals surface area (Å²) >= 11 is 0. The molecular formula is C16H31NO4. The molecule has 1 unspecified atom stereocenters. The summed E-state index contributed by atoms with van der Waals surface area (Å²) in [5, 5.41) is 0. The second kappa shape index (κ2) is 11.5. The van der Waals surface area contributed by atoms with Gasteiger partial charge in [-0.05, 0) is 19.3 Å². The van der Waals surface area contributed by atoms with Crippen LogP contribution in [0.3, 0.4) is 0 Å². The van der Waals surface area contributed by atoms with Gasteiger partial charge in [0, 0.05) is 0 Å². The van der Waals surface area contributed by atoms with Crippen LogP contribution in [0.4, 0.5) is 0 Å². The highest BCUT2D eigenvalue weighted by Crippen LogP contribution is 2.14. The van der Waals surface area contributed by atoms with Crippen molar-refractivity contribution in [1.82, 2.24) is 0 Å². The van der Waals surface area contributed by atoms with Crippen LogP contribution < -0.4 is 5.73 Å². The van der Waals surface area contributed by atoms with Gasteiger partial charge in [-0.3, -0.25) is 9.59 Å². The van der Waals surface area contributed by atoms with Gasteiger partial charge in [-0.15, -0.1) is 0 Å². The molecule has 0 aromatic rings. The lowest BCUT2D eigenvalue weighted by molar-refractivity contribution is -0.156. The molecule has 0 saturated heterocycles. The second-order valence-electron chi connectivity index (χ2n) is 5.70. The molecule has 5 heteroatoms. The van der Waals surface area contributed by atoms with E-state index < -0.39 is 12.0 Å². The largest absolute Gasteiger partial charge is 0.466 e. The summed E-state index contributed by atoms with van der Waals surface area (Å²) < 4.78 is 10.2. The molecule has 0 radical (unpaired) electrons. The first kappa shape index (κ1) is 19.9. The minimum Gasteiger partial charge on any atom is -0.466 e. The van der Waals surface area contributed by atoms with E-state index in [4.69, 9.17) is 15.2 Å². The summed E-state index contributed by atoms with van der Waals surface area (Å²) in [5.74, 6) is -1.11. The molecule has 0 aromatic heterocycles. The second-order valence-corrected chi connectivity index (χ2v) is 5.70. The fourth-order valence-corrected chi connectivity index (χ4v) is 1.90. The molecule has 5 nitrogen and oxygen atoms in total. The van der Waals surface area contributed by atoms with E-state index >= 15 is 0 Å². The van der Waals surface area contributed by atoms with Gasteiger partial charge in [0.15, 0.2) is 0 Å². The van der Waals surface area contributed by atoms with Crippen molar-refractivity contribution in [2.45, 2.75) is 65.8 Å². The molecule has 0 aliphatic rings. The number of hydrogen-bond donors (Lipinski definition) is 1. The normalized spacial score (nSPS) is 13.8. The first-order chi connectivity index (χ1) is 9.93. The smallest absolute Gasteiger partial charge is 0.323 e. The Balaban J connectivity index is 4.32. The molecule has 2 atom stereocenters. The lowest BCUT2D eigenvalue weighted by Gasteiger charge is -2.18. The molecule has 0 fully saturated rings. The molecule has 0 heterocycles. The molecule has 0 saturated carbocycles. The fraction of sp³-hybridized carbons (Fsp3) is 0.875. The zero-order valence-electron chi connectivity index (χ0n) is 13.9. The topological polar surface area (TPSA) is 78.6 Å². The predicted molar refractivity (Wildman–Crippen MR) is 82.7 cm³/mol. The maximum atomic E-state index is 11.9. The molecule has 21 heavy (non-hydrogen) atoms. The zero-order chi connectivity index (χ0) is 16.3. The average Bonchev–Trinajstić information content (AvgIpc) is 2.45. The van der Waals surface area contributed by atoms with E-state index in [9.17, 15) is 9.59 Å². The molecule has 0 spiro atoms. The van der Waals surface area contributed by atoms with Gasteiger partial charge in [-0.2, -0.15) is 0 Å². The van der Waals surface area contributed by atoms with E-state index in [1.165, 1.54) is 0 Å². The molecule has 0 bridgehead atoms. The Morgan fingerprint density at radius 2 is 1.67 bits per heavy atom. The average molecular weight is 301 g/mol. The van der Waals surface area contributed by atoms with Crippen molar-refractivity contribution < 1.29 is 19.1 Å². The maximum Gasteiger partial charge on any atom is 0.323 e. The number of esters is 2. The number of ether oxygens (including phenoxy) is 2. The van der Waals surface area contributed by atoms with Crippen LogP contribution >= 0.6 is 0 Å². The third kappa shape index (κ3) is 8.71. The van der Waals surface area contributed by atoms with Crippen molar-refractivity contribution in [2.75, 3.05) is 13.2 Å². The molecule has 0 aliphatic heterocycles. The summed E-state index contributed by atoms with van der Waals surface area (Å²) in [6.07, 6.45) is 4.98. The lowest BCUT2D eigenvalue weighted by atomic mass is 10.0. The molecule has 2 N–H and O–H groups in total. The van der Waals surface area contributed by atoms with Crippen LogP contribution in [0.1, 0.15) is 59.8 Å². The van der Waals surface area contributed by atoms with Crippen LogP contribution in [0.2, 0.25) is 0 Å². The summed E-state index contributed by atoms with van der Waals surface area (Å²) in [4.78, 5) is 23.6. The van der Waals surface area contributed by atoms with Gasteiger partial charge in [-0.1, -0.05) is 46.5 Å². The van der Waals surface area contributed by atoms with E-state index in [-0.39, 0.29) is 24.4 Å². The monoisotopic (exact) mass is 301 g/mol. The van der Waals surface area contributed by atoms with Crippen LogP contribution in [0.15, 0.2) is 0 Å². The number of carbonyl (C=O) groups excluding carboxylic acids is 2. The number of nitrogens with two attached hydrogens (primary N) is 1. The predicted octanol–water partition coefficient (Wildman–Crippen LogP) is 2.66. The van der Waals surface area contributed by atoms with Crippen LogP contribution in [0, 0.1) is 11.8 Å². The quantitative estimate of drug-likeness (QED) is 0.469. The molecular weight excluding hydrogens is 270 g/mol. The Kier molecular flexibility index (Phi) is 10.9. The van der Waals surface area contributed by atoms with Crippen molar-refractivity contribution in [1.29, 1.82) is 0 Å². The van der Waals surface area contributed by atoms with E-state index in [1.807, 2.05) is 13.8 Å². The van der Waals surface area contributed by atoms with Crippen LogP contribution in [-0.4, -0.2) is 31.2 Å². The Labute approximate surface area is 128 Å². The number of unbranched alkanes of at least 4 members (excludes halogenated alkanes) is 3. The highest BCUT2D eigenvalue weighted by Gasteiger charge is 2.24. The maximum absolute atomic E-state index is 11.9. The molecule has 0 rings (SSSR count). The van der Waals surface area contributed by atoms with Gasteiger partial charge in [0.25, 0.3) is 0 Å². The molecule has 0 amide bonds.